The zero-order valence-electron chi connectivity index (χ0n) is 13.8. The van der Waals surface area contributed by atoms with Crippen LogP contribution in [-0.2, 0) is 4.79 Å². The second kappa shape index (κ2) is 7.62. The highest BCUT2D eigenvalue weighted by Gasteiger charge is 2.29. The molecule has 0 radical (unpaired) electrons. The van der Waals surface area contributed by atoms with Crippen molar-refractivity contribution in [1.82, 2.24) is 14.9 Å². The average molecular weight is 318 g/mol. The zero-order valence-corrected chi connectivity index (χ0v) is 13.8. The minimum Gasteiger partial charge on any atom is -0.481 e. The molecule has 1 N–H and O–H groups in total. The van der Waals surface area contributed by atoms with E-state index in [0.29, 0.717) is 23.8 Å². The lowest BCUT2D eigenvalue weighted by atomic mass is 9.87. The van der Waals surface area contributed by atoms with Crippen LogP contribution >= 0.6 is 0 Å². The Kier molecular flexibility index (Phi) is 5.31. The van der Waals surface area contributed by atoms with E-state index in [1.54, 1.807) is 19.4 Å². The van der Waals surface area contributed by atoms with E-state index in [4.69, 9.17) is 4.74 Å². The molecule has 0 bridgehead atoms. The van der Waals surface area contributed by atoms with Crippen molar-refractivity contribution in [1.29, 1.82) is 0 Å². The van der Waals surface area contributed by atoms with Crippen LogP contribution in [0.1, 0.15) is 44.9 Å². The van der Waals surface area contributed by atoms with Crippen LogP contribution in [0.25, 0.3) is 0 Å². The van der Waals surface area contributed by atoms with Gasteiger partial charge >= 0.3 is 0 Å². The summed E-state index contributed by atoms with van der Waals surface area (Å²) in [7, 11) is 1.60. The van der Waals surface area contributed by atoms with Crippen molar-refractivity contribution in [2.45, 2.75) is 51.0 Å². The summed E-state index contributed by atoms with van der Waals surface area (Å²) in [6, 6.07) is 2.05. The lowest BCUT2D eigenvalue weighted by Gasteiger charge is -2.35. The number of anilines is 1. The highest BCUT2D eigenvalue weighted by Crippen LogP contribution is 2.27. The molecule has 1 aliphatic carbocycles. The van der Waals surface area contributed by atoms with Gasteiger partial charge in [0.1, 0.15) is 0 Å². The van der Waals surface area contributed by atoms with Gasteiger partial charge in [-0.25, -0.2) is 4.98 Å². The molecule has 0 atom stereocenters. The predicted octanol–water partition coefficient (Wildman–Crippen LogP) is 2.47. The third-order valence-corrected chi connectivity index (χ3v) is 4.93. The lowest BCUT2D eigenvalue weighted by molar-refractivity contribution is -0.137. The Morgan fingerprint density at radius 3 is 2.65 bits per heavy atom. The van der Waals surface area contributed by atoms with E-state index >= 15 is 0 Å². The molecule has 1 saturated carbocycles. The van der Waals surface area contributed by atoms with E-state index in [1.165, 1.54) is 19.3 Å². The summed E-state index contributed by atoms with van der Waals surface area (Å²) in [6.45, 7) is 1.66. The van der Waals surface area contributed by atoms with Gasteiger partial charge < -0.3 is 15.0 Å². The molecule has 2 aliphatic rings. The minimum absolute atomic E-state index is 0.273. The number of piperidine rings is 1. The molecule has 1 saturated heterocycles. The van der Waals surface area contributed by atoms with Crippen molar-refractivity contribution in [2.24, 2.45) is 5.92 Å². The highest BCUT2D eigenvalue weighted by molar-refractivity contribution is 5.79. The Balaban J connectivity index is 1.48. The van der Waals surface area contributed by atoms with Gasteiger partial charge in [-0.05, 0) is 25.7 Å². The molecule has 2 fully saturated rings. The smallest absolute Gasteiger partial charge is 0.226 e. The number of ether oxygens (including phenoxy) is 1. The Morgan fingerprint density at radius 1 is 1.22 bits per heavy atom. The third-order valence-electron chi connectivity index (χ3n) is 4.93. The fourth-order valence-corrected chi connectivity index (χ4v) is 3.56. The van der Waals surface area contributed by atoms with Gasteiger partial charge in [-0.15, -0.1) is 0 Å². The van der Waals surface area contributed by atoms with Gasteiger partial charge in [0.15, 0.2) is 0 Å². The molecule has 1 aromatic heterocycles. The van der Waals surface area contributed by atoms with Crippen molar-refractivity contribution in [3.05, 3.63) is 12.3 Å². The van der Waals surface area contributed by atoms with E-state index in [9.17, 15) is 4.79 Å². The summed E-state index contributed by atoms with van der Waals surface area (Å²) in [5.41, 5.74) is 0. The first kappa shape index (κ1) is 16.0. The van der Waals surface area contributed by atoms with Gasteiger partial charge in [-0.2, -0.15) is 4.98 Å². The van der Waals surface area contributed by atoms with Crippen LogP contribution in [0.5, 0.6) is 5.88 Å². The van der Waals surface area contributed by atoms with Crippen LogP contribution in [0.3, 0.4) is 0 Å². The second-order valence-electron chi connectivity index (χ2n) is 6.50. The molecule has 23 heavy (non-hydrogen) atoms. The van der Waals surface area contributed by atoms with Crippen LogP contribution in [0, 0.1) is 5.92 Å². The maximum Gasteiger partial charge on any atom is 0.226 e. The summed E-state index contributed by atoms with van der Waals surface area (Å²) < 4.78 is 5.12. The highest BCUT2D eigenvalue weighted by atomic mass is 16.5. The monoisotopic (exact) mass is 318 g/mol. The number of amides is 1. The van der Waals surface area contributed by atoms with Crippen molar-refractivity contribution in [2.75, 3.05) is 25.5 Å². The molecular weight excluding hydrogens is 292 g/mol. The molecule has 2 heterocycles. The molecular formula is C17H26N4O2. The fourth-order valence-electron chi connectivity index (χ4n) is 3.56. The summed E-state index contributed by atoms with van der Waals surface area (Å²) in [4.78, 5) is 23.1. The quantitative estimate of drug-likeness (QED) is 0.923. The van der Waals surface area contributed by atoms with Crippen LogP contribution < -0.4 is 10.1 Å². The minimum atomic E-state index is 0.273. The van der Waals surface area contributed by atoms with Crippen molar-refractivity contribution < 1.29 is 9.53 Å². The molecule has 1 aliphatic heterocycles. The molecule has 126 valence electrons. The van der Waals surface area contributed by atoms with Gasteiger partial charge in [0, 0.05) is 37.3 Å². The molecule has 3 rings (SSSR count). The van der Waals surface area contributed by atoms with E-state index in [1.807, 2.05) is 0 Å². The summed E-state index contributed by atoms with van der Waals surface area (Å²) in [6.07, 6.45) is 9.44. The summed E-state index contributed by atoms with van der Waals surface area (Å²) in [5, 5.41) is 3.35. The summed E-state index contributed by atoms with van der Waals surface area (Å²) >= 11 is 0. The number of methoxy groups -OCH3 is 1. The first-order valence-corrected chi connectivity index (χ1v) is 8.68. The molecule has 6 nitrogen and oxygen atoms in total. The van der Waals surface area contributed by atoms with E-state index in [0.717, 1.165) is 38.8 Å². The number of carbonyl (C=O) groups excluding carboxylic acids is 1. The van der Waals surface area contributed by atoms with Crippen LogP contribution in [0.2, 0.25) is 0 Å². The van der Waals surface area contributed by atoms with Gasteiger partial charge in [-0.3, -0.25) is 4.79 Å². The Hall–Kier alpha value is -1.85. The third kappa shape index (κ3) is 4.12. The van der Waals surface area contributed by atoms with Crippen LogP contribution in [-0.4, -0.2) is 47.0 Å². The molecule has 1 aromatic rings. The van der Waals surface area contributed by atoms with Gasteiger partial charge in [0.05, 0.1) is 7.11 Å². The van der Waals surface area contributed by atoms with Crippen LogP contribution in [0.15, 0.2) is 12.3 Å². The number of nitrogens with one attached hydrogen (secondary N) is 1. The molecule has 1 amide bonds. The number of rotatable bonds is 4. The maximum atomic E-state index is 12.6. The van der Waals surface area contributed by atoms with E-state index < -0.39 is 0 Å². The predicted molar refractivity (Wildman–Crippen MR) is 88.4 cm³/mol. The number of carbonyl (C=O) groups is 1. The fraction of sp³-hybridized carbons (Fsp3) is 0.706. The van der Waals surface area contributed by atoms with Gasteiger partial charge in [0.2, 0.25) is 17.7 Å². The van der Waals surface area contributed by atoms with Crippen molar-refractivity contribution >= 4 is 11.9 Å². The maximum absolute atomic E-state index is 12.6. The van der Waals surface area contributed by atoms with Crippen molar-refractivity contribution in [3.8, 4) is 5.88 Å². The number of hydrogen-bond acceptors (Lipinski definition) is 5. The van der Waals surface area contributed by atoms with E-state index in [-0.39, 0.29) is 5.92 Å². The van der Waals surface area contributed by atoms with Crippen molar-refractivity contribution in [3.63, 3.8) is 0 Å². The number of aromatic nitrogens is 2. The number of hydrogen-bond donors (Lipinski definition) is 1. The van der Waals surface area contributed by atoms with Gasteiger partial charge in [0.25, 0.3) is 0 Å². The largest absolute Gasteiger partial charge is 0.481 e. The average Bonchev–Trinajstić information content (AvgIpc) is 2.63. The topological polar surface area (TPSA) is 67.3 Å². The first-order chi connectivity index (χ1) is 11.3. The zero-order chi connectivity index (χ0) is 16.1. The Labute approximate surface area is 137 Å². The first-order valence-electron chi connectivity index (χ1n) is 8.68. The lowest BCUT2D eigenvalue weighted by Crippen LogP contribution is -2.45. The van der Waals surface area contributed by atoms with Crippen LogP contribution in [0.4, 0.5) is 5.95 Å². The second-order valence-corrected chi connectivity index (χ2v) is 6.50. The number of likely N-dealkylation sites (tertiary alicyclic amines) is 1. The Morgan fingerprint density at radius 2 is 1.96 bits per heavy atom. The standard InChI is InChI=1S/C17H26N4O2/c1-23-15-7-10-18-17(20-15)19-14-8-11-21(12-9-14)16(22)13-5-3-2-4-6-13/h7,10,13-14H,2-6,8-9,11-12H2,1H3,(H,18,19,20). The molecule has 0 unspecified atom stereocenters. The summed E-state index contributed by atoms with van der Waals surface area (Å²) in [5.74, 6) is 1.81. The normalized spacial score (nSPS) is 20.3. The molecule has 0 aromatic carbocycles. The van der Waals surface area contributed by atoms with Gasteiger partial charge in [-0.1, -0.05) is 19.3 Å². The molecule has 0 spiro atoms. The number of nitrogens with zero attached hydrogens (tertiary/aromatic N) is 3. The Bertz CT molecular complexity index is 523. The molecule has 6 heteroatoms. The SMILES string of the molecule is COc1ccnc(NC2CCN(C(=O)C3CCCCC3)CC2)n1. The van der Waals surface area contributed by atoms with E-state index in [2.05, 4.69) is 20.2 Å².